The Balaban J connectivity index is 2.87. The van der Waals surface area contributed by atoms with E-state index in [-0.39, 0.29) is 5.43 Å². The van der Waals surface area contributed by atoms with Crippen LogP contribution in [0.3, 0.4) is 0 Å². The van der Waals surface area contributed by atoms with Gasteiger partial charge in [-0.05, 0) is 17.5 Å². The topological polar surface area (TPSA) is 17.1 Å². The van der Waals surface area contributed by atoms with E-state index in [4.69, 9.17) is 11.6 Å². The molecule has 0 amide bonds. The van der Waals surface area contributed by atoms with Crippen molar-refractivity contribution in [1.82, 2.24) is 0 Å². The molecule has 0 saturated carbocycles. The first-order valence-electron chi connectivity index (χ1n) is 3.88. The second-order valence-corrected chi connectivity index (χ2v) is 3.90. The quantitative estimate of drug-likeness (QED) is 0.662. The van der Waals surface area contributed by atoms with Gasteiger partial charge in [0, 0.05) is 15.6 Å². The van der Waals surface area contributed by atoms with Crippen LogP contribution >= 0.6 is 22.9 Å². The van der Waals surface area contributed by atoms with Crippen LogP contribution in [0, 0.1) is 0 Å². The molecule has 1 aromatic heterocycles. The van der Waals surface area contributed by atoms with Crippen molar-refractivity contribution < 1.29 is 0 Å². The molecule has 0 aliphatic carbocycles. The fourth-order valence-electron chi connectivity index (χ4n) is 1.21. The molecule has 1 aromatic carbocycles. The third-order valence-corrected chi connectivity index (χ3v) is 3.20. The predicted molar refractivity (Wildman–Crippen MR) is 57.7 cm³/mol. The van der Waals surface area contributed by atoms with Crippen LogP contribution in [-0.4, -0.2) is 0 Å². The van der Waals surface area contributed by atoms with Crippen molar-refractivity contribution in [2.45, 2.75) is 5.88 Å². The number of hydrogen-bond acceptors (Lipinski definition) is 2. The van der Waals surface area contributed by atoms with Gasteiger partial charge in [0.05, 0.1) is 5.88 Å². The minimum absolute atomic E-state index is 0.0596. The Kier molecular flexibility index (Phi) is 2.34. The maximum atomic E-state index is 11.7. The first-order valence-corrected chi connectivity index (χ1v) is 5.29. The van der Waals surface area contributed by atoms with Crippen LogP contribution in [-0.2, 0) is 5.88 Å². The van der Waals surface area contributed by atoms with Crippen molar-refractivity contribution in [2.24, 2.45) is 0 Å². The van der Waals surface area contributed by atoms with E-state index in [9.17, 15) is 4.79 Å². The molecule has 13 heavy (non-hydrogen) atoms. The van der Waals surface area contributed by atoms with Crippen molar-refractivity contribution in [2.75, 3.05) is 0 Å². The molecule has 0 saturated heterocycles. The van der Waals surface area contributed by atoms with Gasteiger partial charge in [-0.2, -0.15) is 0 Å². The molecule has 3 heteroatoms. The van der Waals surface area contributed by atoms with Crippen molar-refractivity contribution in [1.29, 1.82) is 0 Å². The molecule has 0 radical (unpaired) electrons. The Bertz CT molecular complexity index is 489. The second kappa shape index (κ2) is 3.48. The van der Waals surface area contributed by atoms with Gasteiger partial charge in [0.15, 0.2) is 5.43 Å². The number of benzene rings is 1. The maximum absolute atomic E-state index is 11.7. The Morgan fingerprint density at radius 2 is 2.08 bits per heavy atom. The summed E-state index contributed by atoms with van der Waals surface area (Å²) in [5.74, 6) is 0.292. The zero-order chi connectivity index (χ0) is 9.26. The molecule has 0 spiro atoms. The molecule has 2 aromatic rings. The Hall–Kier alpha value is -0.860. The Labute approximate surface area is 84.6 Å². The van der Waals surface area contributed by atoms with Crippen molar-refractivity contribution in [3.8, 4) is 0 Å². The predicted octanol–water partition coefficient (Wildman–Crippen LogP) is 3.00. The van der Waals surface area contributed by atoms with E-state index in [2.05, 4.69) is 0 Å². The Morgan fingerprint density at radius 1 is 1.31 bits per heavy atom. The molecule has 2 rings (SSSR count). The molecule has 1 nitrogen and oxygen atoms in total. The molecule has 0 bridgehead atoms. The first-order chi connectivity index (χ1) is 6.33. The number of halogens is 1. The summed E-state index contributed by atoms with van der Waals surface area (Å²) in [6.45, 7) is 0. The van der Waals surface area contributed by atoms with E-state index in [1.54, 1.807) is 11.3 Å². The van der Waals surface area contributed by atoms with Gasteiger partial charge < -0.3 is 0 Å². The van der Waals surface area contributed by atoms with Crippen molar-refractivity contribution >= 4 is 33.0 Å². The van der Waals surface area contributed by atoms with Crippen LogP contribution in [0.2, 0.25) is 0 Å². The number of alkyl halides is 1. The largest absolute Gasteiger partial charge is 0.289 e. The normalized spacial score (nSPS) is 10.5. The highest BCUT2D eigenvalue weighted by molar-refractivity contribution is 7.16. The van der Waals surface area contributed by atoms with Crippen LogP contribution in [0.1, 0.15) is 5.56 Å². The molecular formula is C10H7ClOS. The van der Waals surface area contributed by atoms with Gasteiger partial charge in [0.2, 0.25) is 0 Å². The van der Waals surface area contributed by atoms with E-state index < -0.39 is 0 Å². The van der Waals surface area contributed by atoms with Crippen molar-refractivity contribution in [3.05, 3.63) is 45.4 Å². The van der Waals surface area contributed by atoms with Gasteiger partial charge in [-0.25, -0.2) is 0 Å². The number of hydrogen-bond donors (Lipinski definition) is 0. The first kappa shape index (κ1) is 8.73. The number of fused-ring (bicyclic) bond motifs is 1. The molecule has 0 fully saturated rings. The van der Waals surface area contributed by atoms with Crippen LogP contribution in [0.15, 0.2) is 34.4 Å². The van der Waals surface area contributed by atoms with Crippen LogP contribution in [0.5, 0.6) is 0 Å². The summed E-state index contributed by atoms with van der Waals surface area (Å²) in [4.78, 5) is 11.7. The summed E-state index contributed by atoms with van der Waals surface area (Å²) in [5, 5.41) is 2.60. The van der Waals surface area contributed by atoms with E-state index in [1.165, 1.54) is 0 Å². The average molecular weight is 211 g/mol. The molecule has 0 N–H and O–H groups in total. The van der Waals surface area contributed by atoms with Crippen LogP contribution in [0.25, 0.3) is 10.1 Å². The summed E-state index contributed by atoms with van der Waals surface area (Å²) < 4.78 is 1.02. The average Bonchev–Trinajstić information content (AvgIpc) is 2.19. The molecule has 66 valence electrons. The van der Waals surface area contributed by atoms with Crippen molar-refractivity contribution in [3.63, 3.8) is 0 Å². The summed E-state index contributed by atoms with van der Waals surface area (Å²) in [7, 11) is 0. The SMILES string of the molecule is O=c1c(CCl)csc2ccccc12. The fourth-order valence-corrected chi connectivity index (χ4v) is 2.40. The van der Waals surface area contributed by atoms with Gasteiger partial charge in [-0.1, -0.05) is 12.1 Å². The lowest BCUT2D eigenvalue weighted by molar-refractivity contribution is 1.40. The summed E-state index contributed by atoms with van der Waals surface area (Å²) in [6, 6.07) is 7.58. The van der Waals surface area contributed by atoms with Gasteiger partial charge in [0.1, 0.15) is 0 Å². The Morgan fingerprint density at radius 3 is 2.85 bits per heavy atom. The highest BCUT2D eigenvalue weighted by Crippen LogP contribution is 2.16. The molecular weight excluding hydrogens is 204 g/mol. The highest BCUT2D eigenvalue weighted by Gasteiger charge is 2.02. The molecule has 0 aliphatic heterocycles. The second-order valence-electron chi connectivity index (χ2n) is 2.72. The minimum Gasteiger partial charge on any atom is -0.289 e. The molecule has 1 heterocycles. The van der Waals surface area contributed by atoms with E-state index in [0.717, 1.165) is 10.1 Å². The van der Waals surface area contributed by atoms with Gasteiger partial charge in [0.25, 0.3) is 0 Å². The summed E-state index contributed by atoms with van der Waals surface area (Å²) in [6.07, 6.45) is 0. The third kappa shape index (κ3) is 1.47. The zero-order valence-corrected chi connectivity index (χ0v) is 8.36. The highest BCUT2D eigenvalue weighted by atomic mass is 35.5. The van der Waals surface area contributed by atoms with Crippen LogP contribution in [0.4, 0.5) is 0 Å². The van der Waals surface area contributed by atoms with Gasteiger partial charge >= 0.3 is 0 Å². The number of rotatable bonds is 1. The molecule has 0 atom stereocenters. The van der Waals surface area contributed by atoms with E-state index >= 15 is 0 Å². The van der Waals surface area contributed by atoms with E-state index in [1.807, 2.05) is 29.6 Å². The lowest BCUT2D eigenvalue weighted by Gasteiger charge is -1.97. The zero-order valence-electron chi connectivity index (χ0n) is 6.79. The lowest BCUT2D eigenvalue weighted by Crippen LogP contribution is -2.05. The lowest BCUT2D eigenvalue weighted by atomic mass is 10.2. The van der Waals surface area contributed by atoms with Crippen LogP contribution < -0.4 is 5.43 Å². The van der Waals surface area contributed by atoms with E-state index in [0.29, 0.717) is 11.4 Å². The van der Waals surface area contributed by atoms with Gasteiger partial charge in [-0.15, -0.1) is 22.9 Å². The summed E-state index contributed by atoms with van der Waals surface area (Å²) in [5.41, 5.74) is 0.745. The maximum Gasteiger partial charge on any atom is 0.192 e. The molecule has 0 aliphatic rings. The smallest absolute Gasteiger partial charge is 0.192 e. The monoisotopic (exact) mass is 210 g/mol. The fraction of sp³-hybridized carbons (Fsp3) is 0.100. The minimum atomic E-state index is 0.0596. The third-order valence-electron chi connectivity index (χ3n) is 1.90. The summed E-state index contributed by atoms with van der Waals surface area (Å²) >= 11 is 7.20. The van der Waals surface area contributed by atoms with Gasteiger partial charge in [-0.3, -0.25) is 4.79 Å². The standard InChI is InChI=1S/C10H7ClOS/c11-5-7-6-13-9-4-2-1-3-8(9)10(7)12/h1-4,6H,5H2. The molecule has 0 unspecified atom stereocenters.